The quantitative estimate of drug-likeness (QED) is 0.752. The van der Waals surface area contributed by atoms with Crippen LogP contribution < -0.4 is 0 Å². The molecule has 0 aromatic carbocycles. The van der Waals surface area contributed by atoms with E-state index in [1.807, 2.05) is 13.0 Å². The number of fused-ring (bicyclic) bond motifs is 1. The van der Waals surface area contributed by atoms with Gasteiger partial charge in [0.05, 0.1) is 10.7 Å². The molecule has 5 heteroatoms. The maximum Gasteiger partial charge on any atom is 0.176 e. The van der Waals surface area contributed by atoms with Crippen molar-refractivity contribution in [3.63, 3.8) is 0 Å². The monoisotopic (exact) mass is 289 g/mol. The summed E-state index contributed by atoms with van der Waals surface area (Å²) in [7, 11) is 2.78. The minimum Gasteiger partial charge on any atom is -0.357 e. The molecule has 4 nitrogen and oxygen atoms in total. The molecule has 2 fully saturated rings. The number of hydrogen-bond acceptors (Lipinski definition) is 3. The zero-order valence-electron chi connectivity index (χ0n) is 11.7. The van der Waals surface area contributed by atoms with Gasteiger partial charge in [-0.05, 0) is 37.7 Å². The fraction of sp³-hybridized carbons (Fsp3) is 0.667. The van der Waals surface area contributed by atoms with E-state index < -0.39 is 5.16 Å². The van der Waals surface area contributed by atoms with Gasteiger partial charge in [-0.25, -0.2) is 0 Å². The van der Waals surface area contributed by atoms with Crippen molar-refractivity contribution in [1.29, 1.82) is 10.7 Å². The predicted octanol–water partition coefficient (Wildman–Crippen LogP) is 2.12. The van der Waals surface area contributed by atoms with Crippen molar-refractivity contribution >= 4 is 20.9 Å². The number of Topliss-reactive ketones (excluding diaryl/α,β-unsaturated/α-hetero) is 1. The van der Waals surface area contributed by atoms with Gasteiger partial charge >= 0.3 is 0 Å². The molecule has 0 aromatic rings. The normalized spacial score (nSPS) is 37.9. The second-order valence-electron chi connectivity index (χ2n) is 6.28. The number of piperidine rings is 1. The Balaban J connectivity index is 1.99. The van der Waals surface area contributed by atoms with E-state index >= 15 is 0 Å². The first-order valence-electron chi connectivity index (χ1n) is 7.30. The number of nitrogens with one attached hydrogen (secondary N) is 1. The highest BCUT2D eigenvalue weighted by Gasteiger charge is 2.52. The molecular weight excluding hydrogens is 269 g/mol. The highest BCUT2D eigenvalue weighted by Crippen LogP contribution is 2.48. The topological polar surface area (TPSA) is 68.0 Å². The van der Waals surface area contributed by atoms with E-state index in [0.29, 0.717) is 11.9 Å². The van der Waals surface area contributed by atoms with E-state index in [2.05, 4.69) is 14.1 Å². The van der Waals surface area contributed by atoms with Crippen LogP contribution in [0.15, 0.2) is 11.6 Å². The number of hydrogen-bond donors (Lipinski definition) is 1. The SMILES string of the molecule is C[C@H]1C(=O)C(C#N)=C[C@@]2(P)C(=N)N(C3CCC3)CC[C@H]12. The van der Waals surface area contributed by atoms with E-state index in [1.165, 1.54) is 6.42 Å². The molecule has 1 saturated heterocycles. The number of nitrogens with zero attached hydrogens (tertiary/aromatic N) is 2. The van der Waals surface area contributed by atoms with E-state index in [0.717, 1.165) is 25.8 Å². The summed E-state index contributed by atoms with van der Waals surface area (Å²) in [6.45, 7) is 2.78. The van der Waals surface area contributed by atoms with Crippen LogP contribution in [-0.4, -0.2) is 34.3 Å². The summed E-state index contributed by atoms with van der Waals surface area (Å²) in [6.07, 6.45) is 6.23. The zero-order valence-corrected chi connectivity index (χ0v) is 12.9. The van der Waals surface area contributed by atoms with Crippen LogP contribution in [0.3, 0.4) is 0 Å². The van der Waals surface area contributed by atoms with Gasteiger partial charge in [-0.2, -0.15) is 5.26 Å². The maximum atomic E-state index is 12.2. The summed E-state index contributed by atoms with van der Waals surface area (Å²) in [5.74, 6) is 0.480. The first-order chi connectivity index (χ1) is 9.49. The standard InChI is InChI=1S/C15H20N3OP/c1-9-12-5-6-18(11-3-2-4-11)14(17)15(12,20)7-10(8-16)13(9)19/h7,9,11-12,17H,2-6,20H2,1H3/t9-,12-,15+/m1/s1. The van der Waals surface area contributed by atoms with Crippen LogP contribution in [-0.2, 0) is 4.79 Å². The van der Waals surface area contributed by atoms with Crippen LogP contribution in [0.2, 0.25) is 0 Å². The fourth-order valence-electron chi connectivity index (χ4n) is 3.78. The zero-order chi connectivity index (χ0) is 14.5. The smallest absolute Gasteiger partial charge is 0.176 e. The molecule has 1 aliphatic heterocycles. The Labute approximate surface area is 121 Å². The number of nitriles is 1. The molecule has 20 heavy (non-hydrogen) atoms. The molecule has 1 saturated carbocycles. The summed E-state index contributed by atoms with van der Waals surface area (Å²) >= 11 is 0. The number of carbonyl (C=O) groups excluding carboxylic acids is 1. The number of likely N-dealkylation sites (tertiary alicyclic amines) is 1. The number of amidine groups is 1. The van der Waals surface area contributed by atoms with Crippen molar-refractivity contribution in [2.24, 2.45) is 11.8 Å². The Morgan fingerprint density at radius 1 is 1.50 bits per heavy atom. The van der Waals surface area contributed by atoms with Crippen LogP contribution in [0, 0.1) is 28.6 Å². The molecule has 1 unspecified atom stereocenters. The molecular formula is C15H20N3OP. The van der Waals surface area contributed by atoms with E-state index in [4.69, 9.17) is 5.41 Å². The summed E-state index contributed by atoms with van der Waals surface area (Å²) < 4.78 is 0. The third-order valence-corrected chi connectivity index (χ3v) is 6.16. The van der Waals surface area contributed by atoms with Gasteiger partial charge in [0.2, 0.25) is 0 Å². The lowest BCUT2D eigenvalue weighted by atomic mass is 9.68. The largest absolute Gasteiger partial charge is 0.357 e. The minimum absolute atomic E-state index is 0.0551. The van der Waals surface area contributed by atoms with Crippen molar-refractivity contribution in [1.82, 2.24) is 4.90 Å². The molecule has 3 aliphatic rings. The lowest BCUT2D eigenvalue weighted by molar-refractivity contribution is -0.120. The Hall–Kier alpha value is -1.20. The third kappa shape index (κ3) is 1.76. The molecule has 0 radical (unpaired) electrons. The molecule has 0 spiro atoms. The van der Waals surface area contributed by atoms with Crippen molar-refractivity contribution in [2.45, 2.75) is 43.8 Å². The molecule has 106 valence electrons. The van der Waals surface area contributed by atoms with Gasteiger partial charge in [0.25, 0.3) is 0 Å². The summed E-state index contributed by atoms with van der Waals surface area (Å²) in [5.41, 5.74) is 0.226. The fourth-order valence-corrected chi connectivity index (χ4v) is 4.57. The molecule has 0 bridgehead atoms. The van der Waals surface area contributed by atoms with Crippen LogP contribution in [0.5, 0.6) is 0 Å². The van der Waals surface area contributed by atoms with Gasteiger partial charge in [0, 0.05) is 18.5 Å². The second-order valence-corrected chi connectivity index (χ2v) is 7.23. The van der Waals surface area contributed by atoms with Gasteiger partial charge in [-0.3, -0.25) is 10.2 Å². The molecule has 1 heterocycles. The molecule has 1 N–H and O–H groups in total. The van der Waals surface area contributed by atoms with Crippen molar-refractivity contribution in [2.75, 3.05) is 6.54 Å². The maximum absolute atomic E-state index is 12.2. The molecule has 2 aliphatic carbocycles. The van der Waals surface area contributed by atoms with Crippen molar-refractivity contribution in [3.05, 3.63) is 11.6 Å². The number of rotatable bonds is 1. The first-order valence-corrected chi connectivity index (χ1v) is 7.88. The van der Waals surface area contributed by atoms with Gasteiger partial charge in [0.15, 0.2) is 5.78 Å². The highest BCUT2D eigenvalue weighted by molar-refractivity contribution is 7.21. The molecule has 3 rings (SSSR count). The number of allylic oxidation sites excluding steroid dienone is 1. The van der Waals surface area contributed by atoms with E-state index in [1.54, 1.807) is 6.08 Å². The minimum atomic E-state index is -0.535. The van der Waals surface area contributed by atoms with Gasteiger partial charge in [-0.15, -0.1) is 9.24 Å². The second kappa shape index (κ2) is 4.67. The van der Waals surface area contributed by atoms with Crippen LogP contribution in [0.1, 0.15) is 32.6 Å². The third-order valence-electron chi connectivity index (χ3n) is 5.29. The van der Waals surface area contributed by atoms with Crippen LogP contribution in [0.25, 0.3) is 0 Å². The molecule has 0 aromatic heterocycles. The van der Waals surface area contributed by atoms with Gasteiger partial charge < -0.3 is 4.90 Å². The summed E-state index contributed by atoms with van der Waals surface area (Å²) in [4.78, 5) is 14.4. The van der Waals surface area contributed by atoms with E-state index in [-0.39, 0.29) is 23.2 Å². The lowest BCUT2D eigenvalue weighted by Crippen LogP contribution is -2.61. The Kier molecular flexibility index (Phi) is 3.21. The highest BCUT2D eigenvalue weighted by atomic mass is 31.0. The van der Waals surface area contributed by atoms with Crippen LogP contribution in [0.4, 0.5) is 0 Å². The van der Waals surface area contributed by atoms with Crippen molar-refractivity contribution < 1.29 is 4.79 Å². The predicted molar refractivity (Wildman–Crippen MR) is 80.5 cm³/mol. The lowest BCUT2D eigenvalue weighted by Gasteiger charge is -2.53. The summed E-state index contributed by atoms with van der Waals surface area (Å²) in [6, 6.07) is 2.51. The van der Waals surface area contributed by atoms with E-state index in [9.17, 15) is 10.1 Å². The average molecular weight is 289 g/mol. The first kappa shape index (κ1) is 13.8. The van der Waals surface area contributed by atoms with Crippen LogP contribution >= 0.6 is 9.24 Å². The Morgan fingerprint density at radius 3 is 2.75 bits per heavy atom. The number of carbonyl (C=O) groups is 1. The van der Waals surface area contributed by atoms with Crippen molar-refractivity contribution in [3.8, 4) is 6.07 Å². The summed E-state index contributed by atoms with van der Waals surface area (Å²) in [5, 5.41) is 17.2. The average Bonchev–Trinajstić information content (AvgIpc) is 2.37. The van der Waals surface area contributed by atoms with Gasteiger partial charge in [-0.1, -0.05) is 6.92 Å². The Morgan fingerprint density at radius 2 is 2.20 bits per heavy atom. The van der Waals surface area contributed by atoms with Gasteiger partial charge in [0.1, 0.15) is 11.9 Å². The number of ketones is 1. The molecule has 0 amide bonds. The Bertz CT molecular complexity index is 546. The molecule has 4 atom stereocenters.